The van der Waals surface area contributed by atoms with Gasteiger partial charge in [0, 0.05) is 27.3 Å². The normalized spacial score (nSPS) is 23.6. The second-order valence-electron chi connectivity index (χ2n) is 5.34. The first-order valence-electron chi connectivity index (χ1n) is 7.24. The summed E-state index contributed by atoms with van der Waals surface area (Å²) in [5.74, 6) is 2.05. The molecule has 0 spiro atoms. The average Bonchev–Trinajstić information content (AvgIpc) is 3.00. The van der Waals surface area contributed by atoms with Gasteiger partial charge in [-0.3, -0.25) is 4.90 Å². The lowest BCUT2D eigenvalue weighted by atomic mass is 10.2. The van der Waals surface area contributed by atoms with Crippen molar-refractivity contribution in [2.24, 2.45) is 0 Å². The third-order valence-corrected chi connectivity index (χ3v) is 3.88. The molecule has 2 unspecified atom stereocenters. The fraction of sp³-hybridized carbons (Fsp3) is 0.733. The Labute approximate surface area is 121 Å². The van der Waals surface area contributed by atoms with Crippen LogP contribution in [0.25, 0.3) is 0 Å². The number of ether oxygens (including phenoxy) is 2. The smallest absolute Gasteiger partial charge is 0.120 e. The Kier molecular flexibility index (Phi) is 5.60. The molecule has 0 radical (unpaired) electrons. The van der Waals surface area contributed by atoms with E-state index < -0.39 is 0 Å². The van der Waals surface area contributed by atoms with Crippen LogP contribution < -0.4 is 5.32 Å². The second kappa shape index (κ2) is 7.22. The molecule has 1 aliphatic heterocycles. The number of hydrogen-bond donors (Lipinski definition) is 1. The summed E-state index contributed by atoms with van der Waals surface area (Å²) in [6.45, 7) is 8.52. The molecule has 1 fully saturated rings. The Bertz CT molecular complexity index is 407. The Morgan fingerprint density at radius 2 is 1.95 bits per heavy atom. The van der Waals surface area contributed by atoms with E-state index in [4.69, 9.17) is 13.9 Å². The number of nitrogens with zero attached hydrogens (tertiary/aromatic N) is 1. The molecule has 1 N–H and O–H groups in total. The number of likely N-dealkylation sites (tertiary alicyclic amines) is 1. The average molecular weight is 282 g/mol. The number of rotatable bonds is 7. The van der Waals surface area contributed by atoms with E-state index in [1.54, 1.807) is 14.2 Å². The molecule has 2 atom stereocenters. The summed E-state index contributed by atoms with van der Waals surface area (Å²) in [6, 6.07) is 2.13. The van der Waals surface area contributed by atoms with E-state index in [2.05, 4.69) is 30.1 Å². The lowest BCUT2D eigenvalue weighted by molar-refractivity contribution is -0.00461. The quantitative estimate of drug-likeness (QED) is 0.822. The van der Waals surface area contributed by atoms with Gasteiger partial charge in [0.1, 0.15) is 11.5 Å². The zero-order chi connectivity index (χ0) is 14.5. The Balaban J connectivity index is 1.94. The van der Waals surface area contributed by atoms with Gasteiger partial charge in [-0.25, -0.2) is 0 Å². The van der Waals surface area contributed by atoms with Crippen molar-refractivity contribution >= 4 is 0 Å². The third-order valence-electron chi connectivity index (χ3n) is 3.88. The molecule has 0 aromatic carbocycles. The number of nitrogens with one attached hydrogen (secondary N) is 1. The Morgan fingerprint density at radius 3 is 2.50 bits per heavy atom. The van der Waals surface area contributed by atoms with Crippen LogP contribution in [0, 0.1) is 6.92 Å². The summed E-state index contributed by atoms with van der Waals surface area (Å²) in [7, 11) is 3.48. The molecule has 1 aromatic rings. The molecule has 1 saturated heterocycles. The molecule has 20 heavy (non-hydrogen) atoms. The van der Waals surface area contributed by atoms with Gasteiger partial charge in [-0.05, 0) is 25.1 Å². The molecule has 5 nitrogen and oxygen atoms in total. The fourth-order valence-electron chi connectivity index (χ4n) is 2.70. The molecular weight excluding hydrogens is 256 g/mol. The highest BCUT2D eigenvalue weighted by molar-refractivity contribution is 5.20. The predicted molar refractivity (Wildman–Crippen MR) is 77.7 cm³/mol. The molecule has 2 heterocycles. The maximum absolute atomic E-state index is 5.93. The van der Waals surface area contributed by atoms with E-state index in [1.165, 1.54) is 5.56 Å². The second-order valence-corrected chi connectivity index (χ2v) is 5.34. The molecule has 5 heteroatoms. The van der Waals surface area contributed by atoms with E-state index in [0.29, 0.717) is 0 Å². The van der Waals surface area contributed by atoms with E-state index >= 15 is 0 Å². The maximum Gasteiger partial charge on any atom is 0.120 e. The van der Waals surface area contributed by atoms with Gasteiger partial charge < -0.3 is 19.2 Å². The highest BCUT2D eigenvalue weighted by Crippen LogP contribution is 2.21. The van der Waals surface area contributed by atoms with Gasteiger partial charge in [0.2, 0.25) is 0 Å². The topological polar surface area (TPSA) is 46.9 Å². The molecule has 0 saturated carbocycles. The third kappa shape index (κ3) is 3.61. The monoisotopic (exact) mass is 282 g/mol. The van der Waals surface area contributed by atoms with Crippen molar-refractivity contribution in [3.8, 4) is 0 Å². The zero-order valence-corrected chi connectivity index (χ0v) is 12.9. The SMILES string of the molecule is CCNCc1oc(CN2CC(OC)C(OC)C2)cc1C. The van der Waals surface area contributed by atoms with Gasteiger partial charge in [-0.15, -0.1) is 0 Å². The molecule has 1 aliphatic rings. The minimum Gasteiger partial charge on any atom is -0.463 e. The van der Waals surface area contributed by atoms with Crippen molar-refractivity contribution in [3.63, 3.8) is 0 Å². The Hall–Kier alpha value is -0.880. The van der Waals surface area contributed by atoms with Crippen LogP contribution in [0.1, 0.15) is 24.0 Å². The maximum atomic E-state index is 5.93. The van der Waals surface area contributed by atoms with E-state index in [1.807, 2.05) is 0 Å². The van der Waals surface area contributed by atoms with E-state index in [-0.39, 0.29) is 12.2 Å². The first-order chi connectivity index (χ1) is 9.67. The lowest BCUT2D eigenvalue weighted by Crippen LogP contribution is -2.27. The lowest BCUT2D eigenvalue weighted by Gasteiger charge is -2.13. The van der Waals surface area contributed by atoms with E-state index in [9.17, 15) is 0 Å². The standard InChI is InChI=1S/C15H26N2O3/c1-5-16-7-13-11(2)6-12(20-13)8-17-9-14(18-3)15(10-17)19-4/h6,14-16H,5,7-10H2,1-4H3. The van der Waals surface area contributed by atoms with Crippen LogP contribution in [-0.4, -0.2) is 51.0 Å². The van der Waals surface area contributed by atoms with Crippen molar-refractivity contribution in [3.05, 3.63) is 23.2 Å². The van der Waals surface area contributed by atoms with Gasteiger partial charge >= 0.3 is 0 Å². The molecule has 2 rings (SSSR count). The predicted octanol–water partition coefficient (Wildman–Crippen LogP) is 1.54. The van der Waals surface area contributed by atoms with Crippen molar-refractivity contribution in [1.82, 2.24) is 10.2 Å². The highest BCUT2D eigenvalue weighted by atomic mass is 16.5. The molecule has 0 amide bonds. The van der Waals surface area contributed by atoms with Crippen LogP contribution in [0.2, 0.25) is 0 Å². The summed E-state index contributed by atoms with van der Waals surface area (Å²) < 4.78 is 16.8. The van der Waals surface area contributed by atoms with Crippen LogP contribution in [0.5, 0.6) is 0 Å². The summed E-state index contributed by atoms with van der Waals surface area (Å²) >= 11 is 0. The van der Waals surface area contributed by atoms with Gasteiger partial charge in [-0.2, -0.15) is 0 Å². The summed E-state index contributed by atoms with van der Waals surface area (Å²) in [5, 5.41) is 3.30. The molecular formula is C15H26N2O3. The zero-order valence-electron chi connectivity index (χ0n) is 12.9. The number of furan rings is 1. The molecule has 0 aliphatic carbocycles. The van der Waals surface area contributed by atoms with Gasteiger partial charge in [0.05, 0.1) is 25.3 Å². The van der Waals surface area contributed by atoms with Crippen LogP contribution in [0.4, 0.5) is 0 Å². The molecule has 0 bridgehead atoms. The molecule has 114 valence electrons. The van der Waals surface area contributed by atoms with Crippen LogP contribution in [0.15, 0.2) is 10.5 Å². The summed E-state index contributed by atoms with van der Waals surface area (Å²) in [5.41, 5.74) is 1.21. The largest absolute Gasteiger partial charge is 0.463 e. The van der Waals surface area contributed by atoms with Gasteiger partial charge in [0.15, 0.2) is 0 Å². The first-order valence-corrected chi connectivity index (χ1v) is 7.24. The number of methoxy groups -OCH3 is 2. The van der Waals surface area contributed by atoms with Crippen LogP contribution >= 0.6 is 0 Å². The van der Waals surface area contributed by atoms with Crippen molar-refractivity contribution in [2.75, 3.05) is 33.9 Å². The summed E-state index contributed by atoms with van der Waals surface area (Å²) in [6.07, 6.45) is 0.301. The highest BCUT2D eigenvalue weighted by Gasteiger charge is 2.33. The van der Waals surface area contributed by atoms with E-state index in [0.717, 1.165) is 44.2 Å². The van der Waals surface area contributed by atoms with Gasteiger partial charge in [-0.1, -0.05) is 6.92 Å². The van der Waals surface area contributed by atoms with Crippen molar-refractivity contribution in [1.29, 1.82) is 0 Å². The molecule has 1 aromatic heterocycles. The van der Waals surface area contributed by atoms with Gasteiger partial charge in [0.25, 0.3) is 0 Å². The number of hydrogen-bond acceptors (Lipinski definition) is 5. The number of aryl methyl sites for hydroxylation is 1. The van der Waals surface area contributed by atoms with Crippen molar-refractivity contribution < 1.29 is 13.9 Å². The Morgan fingerprint density at radius 1 is 1.30 bits per heavy atom. The summed E-state index contributed by atoms with van der Waals surface area (Å²) in [4.78, 5) is 2.32. The van der Waals surface area contributed by atoms with Crippen LogP contribution in [0.3, 0.4) is 0 Å². The fourth-order valence-corrected chi connectivity index (χ4v) is 2.70. The van der Waals surface area contributed by atoms with Crippen molar-refractivity contribution in [2.45, 2.75) is 39.1 Å². The minimum atomic E-state index is 0.150. The minimum absolute atomic E-state index is 0.150. The van der Waals surface area contributed by atoms with Crippen LogP contribution in [-0.2, 0) is 22.6 Å². The first kappa shape index (κ1) is 15.5.